The second kappa shape index (κ2) is 64.2. The van der Waals surface area contributed by atoms with Gasteiger partial charge in [0, 0.05) is 112 Å². The van der Waals surface area contributed by atoms with Crippen molar-refractivity contribution in [3.8, 4) is 0 Å². The fraction of sp³-hybridized carbons (Fsp3) is 0. The van der Waals surface area contributed by atoms with Crippen LogP contribution in [0.25, 0.3) is 0 Å². The van der Waals surface area contributed by atoms with E-state index in [0.29, 0.717) is 0 Å². The maximum absolute atomic E-state index is 0. The molecule has 0 aliphatic carbocycles. The molecule has 0 nitrogen and oxygen atoms in total. The summed E-state index contributed by atoms with van der Waals surface area (Å²) in [6.45, 7) is 0. The van der Waals surface area contributed by atoms with E-state index in [1.165, 1.54) is 0 Å². The van der Waals surface area contributed by atoms with Crippen molar-refractivity contribution in [3.05, 3.63) is 0 Å². The monoisotopic (exact) mass is 561 g/mol. The Balaban J connectivity index is 0. The van der Waals surface area contributed by atoms with Crippen LogP contribution < -0.4 is 0 Å². The molecule has 0 bridgehead atoms. The van der Waals surface area contributed by atoms with E-state index in [-0.39, 0.29) is 145 Å². The van der Waals surface area contributed by atoms with Gasteiger partial charge in [-0.25, -0.2) is 0 Å². The molecule has 0 atom stereocenters. The third-order valence-corrected chi connectivity index (χ3v) is 0. The summed E-state index contributed by atoms with van der Waals surface area (Å²) in [6, 6.07) is 0. The quantitative estimate of drug-likeness (QED) is 0.263. The van der Waals surface area contributed by atoms with Crippen LogP contribution in [0.1, 0.15) is 0 Å². The molecule has 0 fully saturated rings. The Morgan fingerprint density at radius 3 is 0.250 bits per heavy atom. The minimum atomic E-state index is 0. The normalized spacial score (nSPS) is 0. The Bertz CT molecular complexity index is 7.64. The third-order valence-electron chi connectivity index (χ3n) is 0. The van der Waals surface area contributed by atoms with E-state index in [2.05, 4.69) is 0 Å². The average Bonchev–Trinajstić information content (AvgIpc) is 0. The standard InChI is InChI=1S/5Nb.3H4Si/h;;;;;3*1H4. The summed E-state index contributed by atoms with van der Waals surface area (Å²) in [4.78, 5) is 0. The predicted octanol–water partition coefficient (Wildman–Crippen LogP) is -4.37. The van der Waals surface area contributed by atoms with Gasteiger partial charge in [0.1, 0.15) is 0 Å². The Kier molecular flexibility index (Phi) is 675. The molecule has 0 heterocycles. The first-order valence-corrected chi connectivity index (χ1v) is 0. The Hall–Kier alpha value is 4.35. The molecule has 8 heavy (non-hydrogen) atoms. The Morgan fingerprint density at radius 1 is 0.250 bits per heavy atom. The molecular formula is H12Nb5Si3. The van der Waals surface area contributed by atoms with Crippen LogP contribution >= 0.6 is 0 Å². The van der Waals surface area contributed by atoms with Gasteiger partial charge in [-0.2, -0.15) is 0 Å². The van der Waals surface area contributed by atoms with Crippen molar-refractivity contribution in [1.82, 2.24) is 0 Å². The Labute approximate surface area is 142 Å². The van der Waals surface area contributed by atoms with E-state index in [1.807, 2.05) is 0 Å². The molecule has 0 aromatic rings. The van der Waals surface area contributed by atoms with Crippen LogP contribution in [0.15, 0.2) is 0 Å². The van der Waals surface area contributed by atoms with Crippen molar-refractivity contribution >= 4 is 32.9 Å². The summed E-state index contributed by atoms with van der Waals surface area (Å²) < 4.78 is 0. The van der Waals surface area contributed by atoms with Gasteiger partial charge in [0.15, 0.2) is 0 Å². The maximum atomic E-state index is 0. The van der Waals surface area contributed by atoms with Crippen LogP contribution in [0.5, 0.6) is 0 Å². The Morgan fingerprint density at radius 2 is 0.250 bits per heavy atom. The molecule has 0 unspecified atom stereocenters. The van der Waals surface area contributed by atoms with Crippen molar-refractivity contribution in [1.29, 1.82) is 0 Å². The van der Waals surface area contributed by atoms with Crippen LogP contribution in [0, 0.1) is 0 Å². The van der Waals surface area contributed by atoms with E-state index in [0.717, 1.165) is 0 Å². The molecular weight excluding hydrogens is 549 g/mol. The topological polar surface area (TPSA) is 0 Å². The SMILES string of the molecule is [Nb].[Nb].[Nb].[Nb].[Nb].[SiH4].[SiH4].[SiH4]. The average molecular weight is 561 g/mol. The number of hydrogen-bond acceptors (Lipinski definition) is 0. The summed E-state index contributed by atoms with van der Waals surface area (Å²) in [5.41, 5.74) is 0. The van der Waals surface area contributed by atoms with E-state index in [4.69, 9.17) is 0 Å². The van der Waals surface area contributed by atoms with E-state index in [9.17, 15) is 0 Å². The van der Waals surface area contributed by atoms with Gasteiger partial charge in [-0.1, -0.05) is 0 Å². The van der Waals surface area contributed by atoms with E-state index < -0.39 is 0 Å². The minimum absolute atomic E-state index is 0. The van der Waals surface area contributed by atoms with Gasteiger partial charge in [0.25, 0.3) is 0 Å². The van der Waals surface area contributed by atoms with Crippen molar-refractivity contribution in [2.24, 2.45) is 0 Å². The number of rotatable bonds is 0. The first-order chi connectivity index (χ1) is 0. The van der Waals surface area contributed by atoms with E-state index in [1.54, 1.807) is 0 Å². The molecule has 0 aliphatic rings. The van der Waals surface area contributed by atoms with Crippen molar-refractivity contribution in [2.45, 2.75) is 0 Å². The molecule has 0 spiro atoms. The van der Waals surface area contributed by atoms with Gasteiger partial charge in [-0.3, -0.25) is 0 Å². The molecule has 0 N–H and O–H groups in total. The van der Waals surface area contributed by atoms with Crippen LogP contribution in [0.2, 0.25) is 0 Å². The van der Waals surface area contributed by atoms with Crippen LogP contribution in [0.3, 0.4) is 0 Å². The molecule has 0 saturated carbocycles. The first kappa shape index (κ1) is 84.0. The summed E-state index contributed by atoms with van der Waals surface area (Å²) in [5, 5.41) is 0. The zero-order valence-electron chi connectivity index (χ0n) is 2.24. The summed E-state index contributed by atoms with van der Waals surface area (Å²) in [5.74, 6) is 0. The zero-order chi connectivity index (χ0) is 0. The van der Waals surface area contributed by atoms with Gasteiger partial charge in [-0.05, 0) is 32.9 Å². The second-order valence-electron chi connectivity index (χ2n) is 0. The van der Waals surface area contributed by atoms with Crippen LogP contribution in [-0.2, 0) is 112 Å². The summed E-state index contributed by atoms with van der Waals surface area (Å²) in [6.07, 6.45) is 0. The van der Waals surface area contributed by atoms with Gasteiger partial charge in [0.2, 0.25) is 0 Å². The molecule has 0 aliphatic heterocycles. The largest absolute Gasteiger partial charge is 0.0149 e. The maximum Gasteiger partial charge on any atom is 0 e. The molecule has 0 aromatic heterocycles. The molecule has 49 valence electrons. The summed E-state index contributed by atoms with van der Waals surface area (Å²) >= 11 is 0. The molecule has 0 rings (SSSR count). The van der Waals surface area contributed by atoms with Crippen molar-refractivity contribution in [2.75, 3.05) is 0 Å². The molecule has 8 heteroatoms. The van der Waals surface area contributed by atoms with Gasteiger partial charge in [-0.15, -0.1) is 0 Å². The zero-order valence-corrected chi connectivity index (χ0v) is 13.2. The van der Waals surface area contributed by atoms with Crippen molar-refractivity contribution in [3.63, 3.8) is 0 Å². The number of hydrogen-bond donors (Lipinski definition) is 0. The third kappa shape index (κ3) is 47.8. The predicted molar refractivity (Wildman–Crippen MR) is 34.0 cm³/mol. The molecule has 0 amide bonds. The van der Waals surface area contributed by atoms with Crippen LogP contribution in [0.4, 0.5) is 0 Å². The second-order valence-corrected chi connectivity index (χ2v) is 0. The first-order valence-electron chi connectivity index (χ1n) is 0. The smallest absolute Gasteiger partial charge is 0 e. The fourth-order valence-corrected chi connectivity index (χ4v) is 0. The van der Waals surface area contributed by atoms with Gasteiger partial charge >= 0.3 is 0 Å². The van der Waals surface area contributed by atoms with Gasteiger partial charge in [0.05, 0.1) is 0 Å². The fourth-order valence-electron chi connectivity index (χ4n) is 0. The molecule has 5 radical (unpaired) electrons. The summed E-state index contributed by atoms with van der Waals surface area (Å²) in [7, 11) is 0. The van der Waals surface area contributed by atoms with Crippen LogP contribution in [-0.4, -0.2) is 32.9 Å². The van der Waals surface area contributed by atoms with Crippen molar-refractivity contribution < 1.29 is 112 Å². The molecule has 0 aromatic carbocycles. The van der Waals surface area contributed by atoms with Gasteiger partial charge < -0.3 is 0 Å². The van der Waals surface area contributed by atoms with E-state index >= 15 is 0 Å². The minimum Gasteiger partial charge on any atom is -0.0149 e. The molecule has 0 saturated heterocycles.